The number of hydrogen-bond donors (Lipinski definition) is 2. The van der Waals surface area contributed by atoms with Crippen molar-refractivity contribution in [1.82, 2.24) is 15.2 Å². The fourth-order valence-electron chi connectivity index (χ4n) is 6.57. The number of nitrogens with one attached hydrogen (secondary N) is 2. The van der Waals surface area contributed by atoms with Gasteiger partial charge >= 0.3 is 0 Å². The molecule has 1 heterocycles. The third kappa shape index (κ3) is 11.0. The molecule has 2 N–H and O–H groups in total. The van der Waals surface area contributed by atoms with Crippen LogP contribution in [0.15, 0.2) is 54.6 Å². The van der Waals surface area contributed by atoms with Crippen LogP contribution in [0.25, 0.3) is 10.9 Å². The lowest BCUT2D eigenvalue weighted by Crippen LogP contribution is -2.62. The molecule has 248 valence electrons. The van der Waals surface area contributed by atoms with E-state index >= 15 is 0 Å². The van der Waals surface area contributed by atoms with E-state index < -0.39 is 5.54 Å². The van der Waals surface area contributed by atoms with E-state index in [1.807, 2.05) is 43.3 Å². The van der Waals surface area contributed by atoms with E-state index in [0.29, 0.717) is 25.8 Å². The Morgan fingerprint density at radius 3 is 2.22 bits per heavy atom. The van der Waals surface area contributed by atoms with Gasteiger partial charge in [-0.05, 0) is 56.2 Å². The number of aromatic amines is 1. The molecule has 1 aromatic heterocycles. The van der Waals surface area contributed by atoms with Gasteiger partial charge in [0.1, 0.15) is 5.54 Å². The molecule has 2 aromatic carbocycles. The van der Waals surface area contributed by atoms with Crippen molar-refractivity contribution in [2.24, 2.45) is 0 Å². The lowest BCUT2D eigenvalue weighted by atomic mass is 9.82. The molecule has 2 unspecified atom stereocenters. The van der Waals surface area contributed by atoms with Crippen LogP contribution >= 0.6 is 0 Å². The molecule has 0 aliphatic carbocycles. The lowest BCUT2D eigenvalue weighted by Gasteiger charge is -2.39. The van der Waals surface area contributed by atoms with Crippen molar-refractivity contribution in [1.29, 1.82) is 0 Å². The van der Waals surface area contributed by atoms with E-state index in [1.54, 1.807) is 7.11 Å². The monoisotopic (exact) mass is 617 g/mol. The first-order chi connectivity index (χ1) is 21.9. The molecule has 3 aromatic rings. The number of hydrogen-bond acceptors (Lipinski definition) is 3. The molecule has 0 saturated heterocycles. The molecule has 0 fully saturated rings. The fourth-order valence-corrected chi connectivity index (χ4v) is 6.57. The van der Waals surface area contributed by atoms with E-state index in [-0.39, 0.29) is 24.3 Å². The van der Waals surface area contributed by atoms with Crippen LogP contribution in [0.4, 0.5) is 0 Å². The highest BCUT2D eigenvalue weighted by Gasteiger charge is 2.43. The molecule has 0 aliphatic heterocycles. The summed E-state index contributed by atoms with van der Waals surface area (Å²) in [5.74, 6) is -0.0738. The third-order valence-corrected chi connectivity index (χ3v) is 9.19. The molecular formula is C39H59N3O3. The van der Waals surface area contributed by atoms with E-state index in [0.717, 1.165) is 72.8 Å². The minimum Gasteiger partial charge on any atom is -0.381 e. The average Bonchev–Trinajstić information content (AvgIpc) is 3.36. The first-order valence-electron chi connectivity index (χ1n) is 17.6. The minimum atomic E-state index is -1.07. The number of para-hydroxylation sites is 1. The number of benzene rings is 2. The highest BCUT2D eigenvalue weighted by atomic mass is 16.5. The average molecular weight is 618 g/mol. The van der Waals surface area contributed by atoms with Crippen molar-refractivity contribution in [3.8, 4) is 0 Å². The topological polar surface area (TPSA) is 74.4 Å². The number of carbonyl (C=O) groups is 2. The smallest absolute Gasteiger partial charge is 0.248 e. The molecule has 0 bridgehead atoms. The summed E-state index contributed by atoms with van der Waals surface area (Å²) in [7, 11) is 1.76. The van der Waals surface area contributed by atoms with E-state index in [4.69, 9.17) is 4.74 Å². The third-order valence-electron chi connectivity index (χ3n) is 9.19. The van der Waals surface area contributed by atoms with Gasteiger partial charge in [-0.1, -0.05) is 114 Å². The zero-order valence-corrected chi connectivity index (χ0v) is 28.8. The van der Waals surface area contributed by atoms with Gasteiger partial charge in [-0.3, -0.25) is 9.59 Å². The quantitative estimate of drug-likeness (QED) is 0.111. The number of carbonyl (C=O) groups excluding carboxylic acids is 2. The summed E-state index contributed by atoms with van der Waals surface area (Å²) >= 11 is 0. The predicted molar refractivity (Wildman–Crippen MR) is 188 cm³/mol. The Kier molecular flexibility index (Phi) is 15.7. The maximum atomic E-state index is 15.0. The molecule has 0 spiro atoms. The van der Waals surface area contributed by atoms with Crippen molar-refractivity contribution >= 4 is 22.7 Å². The molecule has 45 heavy (non-hydrogen) atoms. The number of aromatic nitrogens is 1. The van der Waals surface area contributed by atoms with Crippen LogP contribution in [0, 0.1) is 6.92 Å². The van der Waals surface area contributed by atoms with Crippen LogP contribution < -0.4 is 5.32 Å². The molecule has 0 radical (unpaired) electrons. The summed E-state index contributed by atoms with van der Waals surface area (Å²) in [5, 5.41) is 4.46. The summed E-state index contributed by atoms with van der Waals surface area (Å²) in [6, 6.07) is 18.3. The van der Waals surface area contributed by atoms with Crippen LogP contribution in [-0.2, 0) is 27.2 Å². The Labute approximate surface area is 272 Å². The van der Waals surface area contributed by atoms with Crippen molar-refractivity contribution in [3.63, 3.8) is 0 Å². The van der Waals surface area contributed by atoms with E-state index in [2.05, 4.69) is 54.2 Å². The molecule has 2 amide bonds. The molecule has 2 atom stereocenters. The predicted octanol–water partition coefficient (Wildman–Crippen LogP) is 8.70. The van der Waals surface area contributed by atoms with E-state index in [9.17, 15) is 9.59 Å². The summed E-state index contributed by atoms with van der Waals surface area (Å²) in [5.41, 5.74) is 2.98. The number of H-pyrrole nitrogens is 1. The molecule has 0 saturated carbocycles. The van der Waals surface area contributed by atoms with Crippen LogP contribution in [-0.4, -0.2) is 53.5 Å². The van der Waals surface area contributed by atoms with Crippen molar-refractivity contribution < 1.29 is 14.3 Å². The van der Waals surface area contributed by atoms with Gasteiger partial charge in [0.15, 0.2) is 0 Å². The second kappa shape index (κ2) is 19.4. The Balaban J connectivity index is 1.98. The maximum Gasteiger partial charge on any atom is 0.248 e. The maximum absolute atomic E-state index is 15.0. The number of ether oxygens (including phenoxy) is 1. The SMILES string of the molecule is CCCCCCCCN(CCCC)C(=O)C(CCC(CCC)OC)(Cc1ccccc1)NC(=O)Cc1c(C)[nH]c2ccccc12. The zero-order chi connectivity index (χ0) is 32.5. The van der Waals surface area contributed by atoms with Gasteiger partial charge in [0.05, 0.1) is 12.5 Å². The first-order valence-corrected chi connectivity index (χ1v) is 17.6. The zero-order valence-electron chi connectivity index (χ0n) is 28.8. The second-order valence-electron chi connectivity index (χ2n) is 12.8. The van der Waals surface area contributed by atoms with E-state index in [1.165, 1.54) is 25.7 Å². The molecule has 0 aliphatic rings. The first kappa shape index (κ1) is 36.3. The van der Waals surface area contributed by atoms with Crippen molar-refractivity contribution in [3.05, 3.63) is 71.4 Å². The number of fused-ring (bicyclic) bond motifs is 1. The summed E-state index contributed by atoms with van der Waals surface area (Å²) in [4.78, 5) is 34.6. The number of aryl methyl sites for hydroxylation is 1. The molecule has 6 nitrogen and oxygen atoms in total. The van der Waals surface area contributed by atoms with Gasteiger partial charge in [0, 0.05) is 43.2 Å². The van der Waals surface area contributed by atoms with Gasteiger partial charge in [-0.2, -0.15) is 0 Å². The number of unbranched alkanes of at least 4 members (excludes halogenated alkanes) is 6. The standard InChI is InChI=1S/C39H59N3O3/c1-6-9-11-12-13-19-28-42(27-10-7-2)38(44)39(26-25-33(45-5)20-8-3,30-32-21-15-14-16-22-32)41-37(43)29-35-31(4)40-36-24-18-17-23-34(35)36/h14-18,21-24,33,40H,6-13,19-20,25-30H2,1-5H3,(H,41,43). The number of nitrogens with zero attached hydrogens (tertiary/aromatic N) is 1. The normalized spacial score (nSPS) is 13.4. The van der Waals surface area contributed by atoms with Crippen molar-refractivity contribution in [2.45, 2.75) is 129 Å². The van der Waals surface area contributed by atoms with Gasteiger partial charge in [0.2, 0.25) is 11.8 Å². The fraction of sp³-hybridized carbons (Fsp3) is 0.590. The number of methoxy groups -OCH3 is 1. The summed E-state index contributed by atoms with van der Waals surface area (Å²) < 4.78 is 5.87. The Morgan fingerprint density at radius 1 is 0.844 bits per heavy atom. The number of amides is 2. The Bertz CT molecular complexity index is 1290. The minimum absolute atomic E-state index is 0.0355. The lowest BCUT2D eigenvalue weighted by molar-refractivity contribution is -0.142. The summed E-state index contributed by atoms with van der Waals surface area (Å²) in [6.45, 7) is 10.0. The van der Waals surface area contributed by atoms with Gasteiger partial charge in [0.25, 0.3) is 0 Å². The second-order valence-corrected chi connectivity index (χ2v) is 12.8. The largest absolute Gasteiger partial charge is 0.381 e. The molecular weight excluding hydrogens is 558 g/mol. The van der Waals surface area contributed by atoms with Crippen LogP contribution in [0.2, 0.25) is 0 Å². The Hall–Kier alpha value is -3.12. The highest BCUT2D eigenvalue weighted by Crippen LogP contribution is 2.28. The van der Waals surface area contributed by atoms with Gasteiger partial charge in [-0.25, -0.2) is 0 Å². The van der Waals surface area contributed by atoms with Crippen molar-refractivity contribution in [2.75, 3.05) is 20.2 Å². The van der Waals surface area contributed by atoms with Crippen LogP contribution in [0.5, 0.6) is 0 Å². The Morgan fingerprint density at radius 2 is 1.51 bits per heavy atom. The van der Waals surface area contributed by atoms with Gasteiger partial charge in [-0.15, -0.1) is 0 Å². The van der Waals surface area contributed by atoms with Crippen LogP contribution in [0.3, 0.4) is 0 Å². The van der Waals surface area contributed by atoms with Crippen LogP contribution in [0.1, 0.15) is 115 Å². The molecule has 6 heteroatoms. The summed E-state index contributed by atoms with van der Waals surface area (Å²) in [6.07, 6.45) is 12.9. The number of rotatable bonds is 22. The molecule has 3 rings (SSSR count). The van der Waals surface area contributed by atoms with Gasteiger partial charge < -0.3 is 19.9 Å². The highest BCUT2D eigenvalue weighted by molar-refractivity contribution is 5.95.